The van der Waals surface area contributed by atoms with Gasteiger partial charge in [0.2, 0.25) is 0 Å². The van der Waals surface area contributed by atoms with E-state index in [1.807, 2.05) is 31.0 Å². The standard InChI is InChI=1S/C11H14N6/c1-3-9-13-14-10-5-6-11(15-17(9)10)16(2)8-4-7-12/h5-6H,3-4,8H2,1-2H3. The molecule has 2 aromatic rings. The molecular formula is C11H14N6. The number of hydrogen-bond acceptors (Lipinski definition) is 5. The van der Waals surface area contributed by atoms with Crippen molar-refractivity contribution in [3.8, 4) is 6.07 Å². The lowest BCUT2D eigenvalue weighted by Crippen LogP contribution is -2.20. The van der Waals surface area contributed by atoms with Crippen LogP contribution in [0.3, 0.4) is 0 Å². The summed E-state index contributed by atoms with van der Waals surface area (Å²) in [7, 11) is 1.92. The highest BCUT2D eigenvalue weighted by molar-refractivity contribution is 5.45. The fourth-order valence-electron chi connectivity index (χ4n) is 1.58. The highest BCUT2D eigenvalue weighted by atomic mass is 15.4. The van der Waals surface area contributed by atoms with Crippen LogP contribution in [0.1, 0.15) is 19.2 Å². The van der Waals surface area contributed by atoms with Crippen LogP contribution >= 0.6 is 0 Å². The van der Waals surface area contributed by atoms with Crippen LogP contribution in [0.15, 0.2) is 12.1 Å². The van der Waals surface area contributed by atoms with E-state index in [0.29, 0.717) is 13.0 Å². The molecule has 0 unspecified atom stereocenters. The van der Waals surface area contributed by atoms with Gasteiger partial charge in [-0.1, -0.05) is 6.92 Å². The lowest BCUT2D eigenvalue weighted by molar-refractivity contribution is 0.793. The molecule has 0 bridgehead atoms. The predicted octanol–water partition coefficient (Wildman–Crippen LogP) is 1.04. The molecule has 0 saturated heterocycles. The number of fused-ring (bicyclic) bond motifs is 1. The Labute approximate surface area is 99.5 Å². The number of hydrogen-bond donors (Lipinski definition) is 0. The summed E-state index contributed by atoms with van der Waals surface area (Å²) in [4.78, 5) is 1.95. The van der Waals surface area contributed by atoms with E-state index in [0.717, 1.165) is 23.7 Å². The molecule has 0 amide bonds. The Morgan fingerprint density at radius 3 is 2.94 bits per heavy atom. The van der Waals surface area contributed by atoms with Gasteiger partial charge in [0, 0.05) is 20.0 Å². The molecule has 0 fully saturated rings. The molecule has 6 nitrogen and oxygen atoms in total. The molecule has 0 radical (unpaired) electrons. The minimum absolute atomic E-state index is 0.485. The zero-order chi connectivity index (χ0) is 12.3. The minimum Gasteiger partial charge on any atom is -0.357 e. The topological polar surface area (TPSA) is 70.1 Å². The van der Waals surface area contributed by atoms with E-state index in [9.17, 15) is 0 Å². The van der Waals surface area contributed by atoms with Crippen LogP contribution in [0.4, 0.5) is 5.82 Å². The first-order valence-corrected chi connectivity index (χ1v) is 5.55. The Morgan fingerprint density at radius 1 is 1.41 bits per heavy atom. The van der Waals surface area contributed by atoms with Gasteiger partial charge in [0.1, 0.15) is 5.82 Å². The Morgan fingerprint density at radius 2 is 2.24 bits per heavy atom. The minimum atomic E-state index is 0.485. The summed E-state index contributed by atoms with van der Waals surface area (Å²) in [5, 5.41) is 21.1. The molecule has 0 aromatic carbocycles. The molecule has 17 heavy (non-hydrogen) atoms. The lowest BCUT2D eigenvalue weighted by Gasteiger charge is -2.15. The van der Waals surface area contributed by atoms with Gasteiger partial charge in [-0.15, -0.1) is 15.3 Å². The van der Waals surface area contributed by atoms with Crippen LogP contribution in [0, 0.1) is 11.3 Å². The number of nitrogens with zero attached hydrogens (tertiary/aromatic N) is 6. The third kappa shape index (κ3) is 2.18. The summed E-state index contributed by atoms with van der Waals surface area (Å²) in [6, 6.07) is 5.90. The Hall–Kier alpha value is -2.16. The van der Waals surface area contributed by atoms with Gasteiger partial charge in [0.25, 0.3) is 0 Å². The van der Waals surface area contributed by atoms with Crippen LogP contribution in [-0.2, 0) is 6.42 Å². The second-order valence-corrected chi connectivity index (χ2v) is 3.76. The van der Waals surface area contributed by atoms with E-state index in [1.165, 1.54) is 0 Å². The largest absolute Gasteiger partial charge is 0.357 e. The third-order valence-electron chi connectivity index (χ3n) is 2.58. The van der Waals surface area contributed by atoms with Crippen molar-refractivity contribution in [3.63, 3.8) is 0 Å². The van der Waals surface area contributed by atoms with E-state index in [2.05, 4.69) is 21.4 Å². The average molecular weight is 230 g/mol. The van der Waals surface area contributed by atoms with E-state index in [4.69, 9.17) is 5.26 Å². The monoisotopic (exact) mass is 230 g/mol. The second kappa shape index (κ2) is 4.78. The summed E-state index contributed by atoms with van der Waals surface area (Å²) < 4.78 is 1.75. The van der Waals surface area contributed by atoms with Crippen molar-refractivity contribution in [2.24, 2.45) is 0 Å². The molecule has 88 valence electrons. The van der Waals surface area contributed by atoms with Crippen molar-refractivity contribution >= 4 is 11.5 Å². The van der Waals surface area contributed by atoms with Crippen molar-refractivity contribution in [2.45, 2.75) is 19.8 Å². The lowest BCUT2D eigenvalue weighted by atomic mass is 10.4. The van der Waals surface area contributed by atoms with Crippen molar-refractivity contribution in [3.05, 3.63) is 18.0 Å². The van der Waals surface area contributed by atoms with Crippen LogP contribution in [0.5, 0.6) is 0 Å². The fourth-order valence-corrected chi connectivity index (χ4v) is 1.58. The quantitative estimate of drug-likeness (QED) is 0.784. The van der Waals surface area contributed by atoms with Crippen molar-refractivity contribution in [1.29, 1.82) is 5.26 Å². The van der Waals surface area contributed by atoms with E-state index < -0.39 is 0 Å². The first-order valence-electron chi connectivity index (χ1n) is 5.55. The molecule has 0 aliphatic carbocycles. The number of anilines is 1. The molecule has 0 N–H and O–H groups in total. The molecule has 0 atom stereocenters. The zero-order valence-corrected chi connectivity index (χ0v) is 9.96. The number of aromatic nitrogens is 4. The van der Waals surface area contributed by atoms with Crippen LogP contribution in [-0.4, -0.2) is 33.4 Å². The third-order valence-corrected chi connectivity index (χ3v) is 2.58. The number of rotatable bonds is 4. The van der Waals surface area contributed by atoms with Gasteiger partial charge in [0.05, 0.1) is 12.5 Å². The van der Waals surface area contributed by atoms with Crippen LogP contribution in [0.25, 0.3) is 5.65 Å². The average Bonchev–Trinajstić information content (AvgIpc) is 2.77. The van der Waals surface area contributed by atoms with Gasteiger partial charge in [-0.05, 0) is 12.1 Å². The van der Waals surface area contributed by atoms with Crippen molar-refractivity contribution in [2.75, 3.05) is 18.5 Å². The van der Waals surface area contributed by atoms with Gasteiger partial charge < -0.3 is 4.90 Å². The van der Waals surface area contributed by atoms with Gasteiger partial charge in [0.15, 0.2) is 11.5 Å². The Balaban J connectivity index is 2.33. The molecule has 6 heteroatoms. The van der Waals surface area contributed by atoms with Crippen LogP contribution in [0.2, 0.25) is 0 Å². The maximum Gasteiger partial charge on any atom is 0.178 e. The summed E-state index contributed by atoms with van der Waals surface area (Å²) in [5.41, 5.74) is 0.749. The number of nitriles is 1. The fraction of sp³-hybridized carbons (Fsp3) is 0.455. The van der Waals surface area contributed by atoms with E-state index in [1.54, 1.807) is 4.52 Å². The summed E-state index contributed by atoms with van der Waals surface area (Å²) in [5.74, 6) is 1.66. The second-order valence-electron chi connectivity index (χ2n) is 3.76. The van der Waals surface area contributed by atoms with Crippen LogP contribution < -0.4 is 4.90 Å². The summed E-state index contributed by atoms with van der Waals surface area (Å²) in [6.45, 7) is 2.68. The first kappa shape index (κ1) is 11.3. The molecule has 2 rings (SSSR count). The summed E-state index contributed by atoms with van der Waals surface area (Å²) in [6.07, 6.45) is 1.28. The highest BCUT2D eigenvalue weighted by Crippen LogP contribution is 2.11. The smallest absolute Gasteiger partial charge is 0.178 e. The molecule has 0 spiro atoms. The zero-order valence-electron chi connectivity index (χ0n) is 9.96. The summed E-state index contributed by atoms with van der Waals surface area (Å²) >= 11 is 0. The first-order chi connectivity index (χ1) is 8.26. The SMILES string of the molecule is CCc1nnc2ccc(N(C)CCC#N)nn12. The maximum absolute atomic E-state index is 8.56. The molecule has 2 heterocycles. The van der Waals surface area contributed by atoms with E-state index >= 15 is 0 Å². The molecule has 0 saturated carbocycles. The van der Waals surface area contributed by atoms with Gasteiger partial charge >= 0.3 is 0 Å². The molecule has 0 aliphatic heterocycles. The predicted molar refractivity (Wildman–Crippen MR) is 63.7 cm³/mol. The Kier molecular flexibility index (Phi) is 3.19. The normalized spacial score (nSPS) is 10.4. The molecular weight excluding hydrogens is 216 g/mol. The van der Waals surface area contributed by atoms with Gasteiger partial charge in [-0.2, -0.15) is 9.78 Å². The van der Waals surface area contributed by atoms with Crippen molar-refractivity contribution < 1.29 is 0 Å². The number of aryl methyl sites for hydroxylation is 1. The van der Waals surface area contributed by atoms with Gasteiger partial charge in [-0.3, -0.25) is 0 Å². The van der Waals surface area contributed by atoms with E-state index in [-0.39, 0.29) is 0 Å². The Bertz CT molecular complexity index is 553. The maximum atomic E-state index is 8.56. The highest BCUT2D eigenvalue weighted by Gasteiger charge is 2.08. The molecule has 2 aromatic heterocycles. The van der Waals surface area contributed by atoms with Crippen molar-refractivity contribution in [1.82, 2.24) is 19.8 Å². The van der Waals surface area contributed by atoms with Gasteiger partial charge in [-0.25, -0.2) is 0 Å². The molecule has 0 aliphatic rings.